The summed E-state index contributed by atoms with van der Waals surface area (Å²) in [6, 6.07) is 6.64. The van der Waals surface area contributed by atoms with Crippen molar-refractivity contribution in [2.24, 2.45) is 0 Å². The van der Waals surface area contributed by atoms with Gasteiger partial charge in [-0.25, -0.2) is 9.48 Å². The summed E-state index contributed by atoms with van der Waals surface area (Å²) in [6.45, 7) is -0.452. The molecule has 1 atom stereocenters. The molecule has 0 unspecified atom stereocenters. The highest BCUT2D eigenvalue weighted by molar-refractivity contribution is 5.99. The number of rotatable bonds is 4. The van der Waals surface area contributed by atoms with Crippen LogP contribution in [0, 0.1) is 0 Å². The van der Waals surface area contributed by atoms with Crippen LogP contribution >= 0.6 is 0 Å². The minimum absolute atomic E-state index is 0.0629. The number of carboxylic acid groups (broad SMARTS) is 1. The number of hydrogen-bond acceptors (Lipinski definition) is 6. The van der Waals surface area contributed by atoms with Gasteiger partial charge < -0.3 is 15.2 Å². The molecular formula is C17H16N4O4. The standard InChI is InChI=1S/C17H16N4O4/c22-12-6-3-5-11-15(12)16(21-17(20-11)18-9-19-21)10-4-1-2-7-13(10)25-8-14(23)24/h1-2,4,7,9,16H,3,5-6,8H2,(H,23,24)(H,18,19,20)/t16-/m0/s1. The van der Waals surface area contributed by atoms with Crippen LogP contribution in [-0.2, 0) is 9.59 Å². The molecule has 4 rings (SSSR count). The van der Waals surface area contributed by atoms with E-state index in [2.05, 4.69) is 15.4 Å². The van der Waals surface area contributed by atoms with Gasteiger partial charge >= 0.3 is 5.97 Å². The predicted molar refractivity (Wildman–Crippen MR) is 87.2 cm³/mol. The minimum atomic E-state index is -1.06. The third-order valence-corrected chi connectivity index (χ3v) is 4.37. The van der Waals surface area contributed by atoms with Gasteiger partial charge in [0.2, 0.25) is 5.95 Å². The van der Waals surface area contributed by atoms with Crippen molar-refractivity contribution in [2.45, 2.75) is 25.3 Å². The molecular weight excluding hydrogens is 324 g/mol. The van der Waals surface area contributed by atoms with Crippen LogP contribution in [0.2, 0.25) is 0 Å². The number of nitrogens with zero attached hydrogens (tertiary/aromatic N) is 3. The zero-order valence-electron chi connectivity index (χ0n) is 13.3. The zero-order valence-corrected chi connectivity index (χ0v) is 13.3. The highest BCUT2D eigenvalue weighted by Crippen LogP contribution is 2.42. The van der Waals surface area contributed by atoms with Crippen molar-refractivity contribution in [2.75, 3.05) is 11.9 Å². The number of benzene rings is 1. The number of Topliss-reactive ketones (excluding diaryl/α,β-unsaturated/α-hetero) is 1. The number of carbonyl (C=O) groups excluding carboxylic acids is 1. The number of anilines is 1. The average molecular weight is 340 g/mol. The first-order valence-electron chi connectivity index (χ1n) is 8.01. The number of fused-ring (bicyclic) bond motifs is 1. The van der Waals surface area contributed by atoms with E-state index >= 15 is 0 Å². The average Bonchev–Trinajstić information content (AvgIpc) is 3.07. The summed E-state index contributed by atoms with van der Waals surface area (Å²) < 4.78 is 7.09. The molecule has 8 nitrogen and oxygen atoms in total. The first kappa shape index (κ1) is 15.4. The number of aromatic nitrogens is 3. The maximum absolute atomic E-state index is 12.6. The van der Waals surface area contributed by atoms with Crippen LogP contribution in [-0.4, -0.2) is 38.2 Å². The summed E-state index contributed by atoms with van der Waals surface area (Å²) in [6.07, 6.45) is 3.48. The molecule has 2 aliphatic rings. The summed E-state index contributed by atoms with van der Waals surface area (Å²) in [4.78, 5) is 27.7. The number of aliphatic carboxylic acids is 1. The Morgan fingerprint density at radius 3 is 3.04 bits per heavy atom. The van der Waals surface area contributed by atoms with E-state index in [0.29, 0.717) is 29.3 Å². The summed E-state index contributed by atoms with van der Waals surface area (Å²) in [7, 11) is 0. The van der Waals surface area contributed by atoms with Gasteiger partial charge in [-0.2, -0.15) is 10.1 Å². The van der Waals surface area contributed by atoms with E-state index in [1.807, 2.05) is 12.1 Å². The number of hydrogen-bond donors (Lipinski definition) is 2. The molecule has 2 aromatic rings. The van der Waals surface area contributed by atoms with Crippen LogP contribution < -0.4 is 10.1 Å². The van der Waals surface area contributed by atoms with Crippen molar-refractivity contribution >= 4 is 17.7 Å². The number of ether oxygens (including phenoxy) is 1. The van der Waals surface area contributed by atoms with Crippen LogP contribution in [0.3, 0.4) is 0 Å². The molecule has 1 aliphatic heterocycles. The van der Waals surface area contributed by atoms with E-state index in [4.69, 9.17) is 9.84 Å². The number of ketones is 1. The van der Waals surface area contributed by atoms with E-state index in [1.165, 1.54) is 6.33 Å². The highest BCUT2D eigenvalue weighted by Gasteiger charge is 2.37. The molecule has 1 aromatic carbocycles. The molecule has 0 saturated heterocycles. The van der Waals surface area contributed by atoms with Crippen LogP contribution in [0.15, 0.2) is 41.9 Å². The minimum Gasteiger partial charge on any atom is -0.482 e. The number of carboxylic acids is 1. The Hall–Kier alpha value is -3.16. The molecule has 2 N–H and O–H groups in total. The fourth-order valence-electron chi connectivity index (χ4n) is 3.36. The summed E-state index contributed by atoms with van der Waals surface area (Å²) >= 11 is 0. The molecule has 128 valence electrons. The maximum Gasteiger partial charge on any atom is 0.341 e. The quantitative estimate of drug-likeness (QED) is 0.873. The molecule has 2 heterocycles. The number of carbonyl (C=O) groups is 2. The van der Waals surface area contributed by atoms with Gasteiger partial charge in [-0.3, -0.25) is 4.79 Å². The summed E-state index contributed by atoms with van der Waals surface area (Å²) in [5.74, 6) is -0.0156. The Labute approximate surface area is 143 Å². The van der Waals surface area contributed by atoms with Crippen molar-refractivity contribution in [3.05, 3.63) is 47.4 Å². The first-order chi connectivity index (χ1) is 12.1. The molecule has 1 aliphatic carbocycles. The summed E-state index contributed by atoms with van der Waals surface area (Å²) in [5, 5.41) is 16.4. The Balaban J connectivity index is 1.84. The van der Waals surface area contributed by atoms with E-state index in [1.54, 1.807) is 16.8 Å². The van der Waals surface area contributed by atoms with Gasteiger partial charge in [0.1, 0.15) is 18.1 Å². The molecule has 0 amide bonds. The van der Waals surface area contributed by atoms with Gasteiger partial charge in [-0.1, -0.05) is 18.2 Å². The Morgan fingerprint density at radius 1 is 1.36 bits per heavy atom. The molecule has 0 bridgehead atoms. The number of para-hydroxylation sites is 1. The van der Waals surface area contributed by atoms with Crippen molar-refractivity contribution in [1.29, 1.82) is 0 Å². The Morgan fingerprint density at radius 2 is 2.20 bits per heavy atom. The van der Waals surface area contributed by atoms with Gasteiger partial charge in [-0.15, -0.1) is 0 Å². The summed E-state index contributed by atoms with van der Waals surface area (Å²) in [5.41, 5.74) is 2.20. The Kier molecular flexibility index (Phi) is 3.72. The topological polar surface area (TPSA) is 106 Å². The van der Waals surface area contributed by atoms with Crippen molar-refractivity contribution in [1.82, 2.24) is 14.8 Å². The lowest BCUT2D eigenvalue weighted by Gasteiger charge is -2.32. The van der Waals surface area contributed by atoms with E-state index < -0.39 is 18.6 Å². The van der Waals surface area contributed by atoms with Gasteiger partial charge in [0.25, 0.3) is 0 Å². The van der Waals surface area contributed by atoms with Crippen LogP contribution in [0.5, 0.6) is 5.75 Å². The van der Waals surface area contributed by atoms with Crippen LogP contribution in [0.25, 0.3) is 0 Å². The van der Waals surface area contributed by atoms with Gasteiger partial charge in [0.15, 0.2) is 12.4 Å². The number of nitrogens with one attached hydrogen (secondary N) is 1. The molecule has 0 radical (unpaired) electrons. The lowest BCUT2D eigenvalue weighted by molar-refractivity contribution is -0.139. The van der Waals surface area contributed by atoms with Gasteiger partial charge in [0, 0.05) is 23.3 Å². The van der Waals surface area contributed by atoms with Crippen molar-refractivity contribution < 1.29 is 19.4 Å². The maximum atomic E-state index is 12.6. The smallest absolute Gasteiger partial charge is 0.341 e. The molecule has 25 heavy (non-hydrogen) atoms. The lowest BCUT2D eigenvalue weighted by Crippen LogP contribution is -2.31. The van der Waals surface area contributed by atoms with E-state index in [9.17, 15) is 9.59 Å². The zero-order chi connectivity index (χ0) is 17.4. The van der Waals surface area contributed by atoms with E-state index in [0.717, 1.165) is 18.5 Å². The van der Waals surface area contributed by atoms with Crippen molar-refractivity contribution in [3.8, 4) is 5.75 Å². The molecule has 1 aromatic heterocycles. The van der Waals surface area contributed by atoms with Gasteiger partial charge in [0.05, 0.1) is 0 Å². The second kappa shape index (κ2) is 6.04. The second-order valence-electron chi connectivity index (χ2n) is 5.94. The van der Waals surface area contributed by atoms with Crippen LogP contribution in [0.4, 0.5) is 5.95 Å². The predicted octanol–water partition coefficient (Wildman–Crippen LogP) is 1.76. The first-order valence-corrected chi connectivity index (χ1v) is 8.01. The van der Waals surface area contributed by atoms with E-state index in [-0.39, 0.29) is 5.78 Å². The third-order valence-electron chi connectivity index (χ3n) is 4.37. The lowest BCUT2D eigenvalue weighted by atomic mass is 9.85. The normalized spacial score (nSPS) is 19.0. The number of allylic oxidation sites excluding steroid dienone is 2. The SMILES string of the molecule is O=C(O)COc1ccccc1[C@H]1C2=C(CCCC2=O)Nc2ncnn21. The van der Waals surface area contributed by atoms with Gasteiger partial charge in [-0.05, 0) is 18.9 Å². The monoisotopic (exact) mass is 340 g/mol. The fourth-order valence-corrected chi connectivity index (χ4v) is 3.36. The second-order valence-corrected chi connectivity index (χ2v) is 5.94. The van der Waals surface area contributed by atoms with Crippen molar-refractivity contribution in [3.63, 3.8) is 0 Å². The van der Waals surface area contributed by atoms with Crippen LogP contribution in [0.1, 0.15) is 30.9 Å². The fraction of sp³-hybridized carbons (Fsp3) is 0.294. The molecule has 0 saturated carbocycles. The molecule has 8 heteroatoms. The molecule has 0 fully saturated rings. The highest BCUT2D eigenvalue weighted by atomic mass is 16.5. The molecule has 0 spiro atoms. The third kappa shape index (κ3) is 2.65. The Bertz CT molecular complexity index is 886. The largest absolute Gasteiger partial charge is 0.482 e.